The van der Waals surface area contributed by atoms with Gasteiger partial charge in [-0.2, -0.15) is 0 Å². The number of hydrogen-bond donors (Lipinski definition) is 2. The number of benzene rings is 1. The van der Waals surface area contributed by atoms with Crippen LogP contribution in [-0.4, -0.2) is 34.8 Å². The first kappa shape index (κ1) is 18.5. The molecule has 0 bridgehead atoms. The van der Waals surface area contributed by atoms with Gasteiger partial charge >= 0.3 is 18.0 Å². The van der Waals surface area contributed by atoms with Crippen LogP contribution in [0.3, 0.4) is 0 Å². The van der Waals surface area contributed by atoms with E-state index in [0.29, 0.717) is 0 Å². The fourth-order valence-electron chi connectivity index (χ4n) is 1.65. The fraction of sp³-hybridized carbons (Fsp3) is 0.438. The molecule has 1 amide bonds. The molecule has 0 saturated heterocycles. The van der Waals surface area contributed by atoms with Crippen molar-refractivity contribution in [1.82, 2.24) is 5.32 Å². The van der Waals surface area contributed by atoms with E-state index in [0.717, 1.165) is 5.56 Å². The summed E-state index contributed by atoms with van der Waals surface area (Å²) in [4.78, 5) is 34.5. The van der Waals surface area contributed by atoms with Gasteiger partial charge in [-0.15, -0.1) is 0 Å². The van der Waals surface area contributed by atoms with Crippen LogP contribution < -0.4 is 5.32 Å². The summed E-state index contributed by atoms with van der Waals surface area (Å²) >= 11 is 0. The number of nitrogens with one attached hydrogen (secondary N) is 1. The zero-order chi connectivity index (χ0) is 17.5. The van der Waals surface area contributed by atoms with Gasteiger partial charge in [0.1, 0.15) is 18.2 Å². The Kier molecular flexibility index (Phi) is 6.56. The first-order valence-electron chi connectivity index (χ1n) is 7.09. The number of rotatable bonds is 6. The van der Waals surface area contributed by atoms with Crippen LogP contribution in [-0.2, 0) is 25.7 Å². The number of carboxylic acids is 1. The van der Waals surface area contributed by atoms with Crippen molar-refractivity contribution in [2.75, 3.05) is 0 Å². The zero-order valence-corrected chi connectivity index (χ0v) is 13.4. The molecular formula is C16H21NO6. The third kappa shape index (κ3) is 7.85. The third-order valence-electron chi connectivity index (χ3n) is 2.58. The van der Waals surface area contributed by atoms with E-state index in [2.05, 4.69) is 5.32 Å². The molecule has 7 heteroatoms. The first-order valence-corrected chi connectivity index (χ1v) is 7.09. The van der Waals surface area contributed by atoms with Crippen LogP contribution in [0.15, 0.2) is 30.3 Å². The lowest BCUT2D eigenvalue weighted by Crippen LogP contribution is -2.45. The lowest BCUT2D eigenvalue weighted by Gasteiger charge is -2.22. The summed E-state index contributed by atoms with van der Waals surface area (Å²) in [6.07, 6.45) is -1.47. The van der Waals surface area contributed by atoms with Gasteiger partial charge in [-0.05, 0) is 26.3 Å². The second-order valence-electron chi connectivity index (χ2n) is 5.89. The minimum atomic E-state index is -1.31. The molecular weight excluding hydrogens is 302 g/mol. The second-order valence-corrected chi connectivity index (χ2v) is 5.89. The monoisotopic (exact) mass is 323 g/mol. The van der Waals surface area contributed by atoms with E-state index in [1.807, 2.05) is 6.07 Å². The number of esters is 1. The smallest absolute Gasteiger partial charge is 0.408 e. The van der Waals surface area contributed by atoms with Crippen LogP contribution in [0.4, 0.5) is 4.79 Å². The summed E-state index contributed by atoms with van der Waals surface area (Å²) in [6.45, 7) is 4.97. The standard InChI is InChI=1S/C16H21NO6/c1-16(2,3)23-15(21)17-12(9-13(18)19)14(20)22-10-11-7-5-4-6-8-11/h4-8,12H,9-10H2,1-3H3,(H,17,21)(H,18,19)/t12-/m1/s1. The van der Waals surface area contributed by atoms with Crippen molar-refractivity contribution in [3.63, 3.8) is 0 Å². The molecule has 23 heavy (non-hydrogen) atoms. The van der Waals surface area contributed by atoms with Gasteiger partial charge in [-0.1, -0.05) is 30.3 Å². The molecule has 0 aliphatic carbocycles. The van der Waals surface area contributed by atoms with E-state index in [1.54, 1.807) is 45.0 Å². The molecule has 0 fully saturated rings. The molecule has 0 aliphatic heterocycles. The Balaban J connectivity index is 2.63. The molecule has 0 radical (unpaired) electrons. The Labute approximate surface area is 134 Å². The fourth-order valence-corrected chi connectivity index (χ4v) is 1.65. The van der Waals surface area contributed by atoms with Crippen molar-refractivity contribution in [3.8, 4) is 0 Å². The Morgan fingerprint density at radius 1 is 1.17 bits per heavy atom. The van der Waals surface area contributed by atoms with E-state index >= 15 is 0 Å². The number of alkyl carbamates (subject to hydrolysis) is 1. The molecule has 0 aliphatic rings. The van der Waals surface area contributed by atoms with Crippen molar-refractivity contribution in [2.45, 2.75) is 45.4 Å². The molecule has 1 aromatic rings. The molecule has 0 unspecified atom stereocenters. The predicted molar refractivity (Wildman–Crippen MR) is 81.6 cm³/mol. The minimum absolute atomic E-state index is 0.00814. The van der Waals surface area contributed by atoms with Crippen molar-refractivity contribution >= 4 is 18.0 Å². The van der Waals surface area contributed by atoms with Gasteiger partial charge in [0.25, 0.3) is 0 Å². The number of carbonyl (C=O) groups is 3. The van der Waals surface area contributed by atoms with Gasteiger partial charge < -0.3 is 19.9 Å². The highest BCUT2D eigenvalue weighted by Crippen LogP contribution is 2.08. The van der Waals surface area contributed by atoms with Crippen LogP contribution >= 0.6 is 0 Å². The SMILES string of the molecule is CC(C)(C)OC(=O)N[C@H](CC(=O)O)C(=O)OCc1ccccc1. The molecule has 0 aromatic heterocycles. The molecule has 0 saturated carbocycles. The van der Waals surface area contributed by atoms with Gasteiger partial charge in [0, 0.05) is 0 Å². The normalized spacial score (nSPS) is 12.1. The van der Waals surface area contributed by atoms with Crippen LogP contribution in [0.5, 0.6) is 0 Å². The van der Waals surface area contributed by atoms with E-state index in [9.17, 15) is 14.4 Å². The zero-order valence-electron chi connectivity index (χ0n) is 13.4. The van der Waals surface area contributed by atoms with E-state index in [-0.39, 0.29) is 6.61 Å². The molecule has 0 spiro atoms. The van der Waals surface area contributed by atoms with Gasteiger partial charge in [0.05, 0.1) is 6.42 Å². The Bertz CT molecular complexity index is 549. The van der Waals surface area contributed by atoms with Gasteiger partial charge in [0.15, 0.2) is 0 Å². The highest BCUT2D eigenvalue weighted by atomic mass is 16.6. The summed E-state index contributed by atoms with van der Waals surface area (Å²) in [7, 11) is 0. The Morgan fingerprint density at radius 3 is 2.30 bits per heavy atom. The Hall–Kier alpha value is -2.57. The van der Waals surface area contributed by atoms with Crippen molar-refractivity contribution < 1.29 is 29.0 Å². The molecule has 126 valence electrons. The topological polar surface area (TPSA) is 102 Å². The predicted octanol–water partition coefficient (Wildman–Crippen LogP) is 2.10. The molecule has 1 aromatic carbocycles. The maximum Gasteiger partial charge on any atom is 0.408 e. The average Bonchev–Trinajstić information content (AvgIpc) is 2.42. The molecule has 1 rings (SSSR count). The first-order chi connectivity index (χ1) is 10.7. The number of amides is 1. The second kappa shape index (κ2) is 8.17. The van der Waals surface area contributed by atoms with Gasteiger partial charge in [-0.3, -0.25) is 4.79 Å². The number of ether oxygens (including phenoxy) is 2. The molecule has 7 nitrogen and oxygen atoms in total. The average molecular weight is 323 g/mol. The lowest BCUT2D eigenvalue weighted by molar-refractivity contribution is -0.151. The van der Waals surface area contributed by atoms with Crippen molar-refractivity contribution in [2.24, 2.45) is 0 Å². The van der Waals surface area contributed by atoms with Crippen LogP contribution in [0.1, 0.15) is 32.8 Å². The lowest BCUT2D eigenvalue weighted by atomic mass is 10.2. The number of aliphatic carboxylic acids is 1. The number of carbonyl (C=O) groups excluding carboxylic acids is 2. The summed E-state index contributed by atoms with van der Waals surface area (Å²) in [5, 5.41) is 11.1. The summed E-state index contributed by atoms with van der Waals surface area (Å²) in [5.41, 5.74) is -0.00147. The number of hydrogen-bond acceptors (Lipinski definition) is 5. The third-order valence-corrected chi connectivity index (χ3v) is 2.58. The highest BCUT2D eigenvalue weighted by Gasteiger charge is 2.27. The maximum absolute atomic E-state index is 12.0. The minimum Gasteiger partial charge on any atom is -0.481 e. The van der Waals surface area contributed by atoms with Crippen LogP contribution in [0.25, 0.3) is 0 Å². The number of carboxylic acid groups (broad SMARTS) is 1. The summed E-state index contributed by atoms with van der Waals surface area (Å²) < 4.78 is 10.1. The van der Waals surface area contributed by atoms with E-state index in [1.165, 1.54) is 0 Å². The van der Waals surface area contributed by atoms with Gasteiger partial charge in [0.2, 0.25) is 0 Å². The summed E-state index contributed by atoms with van der Waals surface area (Å²) in [6, 6.07) is 7.61. The Morgan fingerprint density at radius 2 is 1.78 bits per heavy atom. The summed E-state index contributed by atoms with van der Waals surface area (Å²) in [5.74, 6) is -2.06. The van der Waals surface area contributed by atoms with Crippen LogP contribution in [0.2, 0.25) is 0 Å². The largest absolute Gasteiger partial charge is 0.481 e. The van der Waals surface area contributed by atoms with E-state index < -0.39 is 36.1 Å². The molecule has 1 atom stereocenters. The molecule has 0 heterocycles. The highest BCUT2D eigenvalue weighted by molar-refractivity contribution is 5.85. The molecule has 2 N–H and O–H groups in total. The van der Waals surface area contributed by atoms with Crippen molar-refractivity contribution in [3.05, 3.63) is 35.9 Å². The maximum atomic E-state index is 12.0. The van der Waals surface area contributed by atoms with Gasteiger partial charge in [-0.25, -0.2) is 9.59 Å². The van der Waals surface area contributed by atoms with Crippen molar-refractivity contribution in [1.29, 1.82) is 0 Å². The quantitative estimate of drug-likeness (QED) is 0.777. The van der Waals surface area contributed by atoms with E-state index in [4.69, 9.17) is 14.6 Å². The van der Waals surface area contributed by atoms with Crippen LogP contribution in [0, 0.1) is 0 Å².